The Hall–Kier alpha value is -2.35. The molecular formula is C26H22N2PtSi. The van der Waals surface area contributed by atoms with Crippen LogP contribution in [0.2, 0.25) is 12.1 Å². The number of benzene rings is 2. The van der Waals surface area contributed by atoms with Crippen molar-refractivity contribution in [2.24, 2.45) is 0 Å². The van der Waals surface area contributed by atoms with E-state index in [1.165, 1.54) is 35.4 Å². The Labute approximate surface area is 193 Å². The molecule has 150 valence electrons. The molecule has 2 nitrogen and oxygen atoms in total. The maximum Gasteiger partial charge on any atom is 2.00 e. The molecule has 2 aromatic heterocycles. The molecule has 0 spiro atoms. The van der Waals surface area contributed by atoms with Crippen molar-refractivity contribution in [1.82, 2.24) is 9.97 Å². The monoisotopic (exact) mass is 585 g/mol. The van der Waals surface area contributed by atoms with E-state index in [1.807, 2.05) is 36.5 Å². The number of hydrogen-bond acceptors (Lipinski definition) is 2. The van der Waals surface area contributed by atoms with Gasteiger partial charge in [-0.05, 0) is 35.6 Å². The van der Waals surface area contributed by atoms with Crippen LogP contribution in [0.15, 0.2) is 85.1 Å². The molecule has 0 bridgehead atoms. The van der Waals surface area contributed by atoms with Gasteiger partial charge >= 0.3 is 21.1 Å². The van der Waals surface area contributed by atoms with Crippen LogP contribution in [0, 0.1) is 12.1 Å². The number of pyridine rings is 2. The van der Waals surface area contributed by atoms with Gasteiger partial charge in [-0.1, -0.05) is 37.1 Å². The molecule has 0 saturated carbocycles. The Morgan fingerprint density at radius 1 is 0.733 bits per heavy atom. The second-order valence-electron chi connectivity index (χ2n) is 7.67. The zero-order chi connectivity index (χ0) is 19.5. The van der Waals surface area contributed by atoms with Crippen LogP contribution in [0.3, 0.4) is 0 Å². The van der Waals surface area contributed by atoms with Gasteiger partial charge in [0, 0.05) is 11.5 Å². The number of hydrogen-bond donors (Lipinski definition) is 0. The average Bonchev–Trinajstić information content (AvgIpc) is 3.32. The van der Waals surface area contributed by atoms with E-state index in [9.17, 15) is 0 Å². The van der Waals surface area contributed by atoms with Gasteiger partial charge in [-0.25, -0.2) is 0 Å². The summed E-state index contributed by atoms with van der Waals surface area (Å²) in [6, 6.07) is 36.7. The molecule has 30 heavy (non-hydrogen) atoms. The van der Waals surface area contributed by atoms with Crippen molar-refractivity contribution in [3.05, 3.63) is 97.2 Å². The minimum Gasteiger partial charge on any atom is -0.306 e. The summed E-state index contributed by atoms with van der Waals surface area (Å²) in [5.41, 5.74) is 4.14. The van der Waals surface area contributed by atoms with Gasteiger partial charge in [0.05, 0.1) is 0 Å². The zero-order valence-corrected chi connectivity index (χ0v) is 19.9. The van der Waals surface area contributed by atoms with E-state index in [4.69, 9.17) is 4.98 Å². The van der Waals surface area contributed by atoms with Crippen LogP contribution < -0.4 is 10.5 Å². The first-order valence-corrected chi connectivity index (χ1v) is 12.7. The molecule has 2 aromatic carbocycles. The number of nitrogens with zero attached hydrogens (tertiary/aromatic N) is 2. The molecule has 4 heteroatoms. The normalized spacial score (nSPS) is 14.8. The van der Waals surface area contributed by atoms with E-state index in [1.54, 1.807) is 0 Å². The van der Waals surface area contributed by atoms with E-state index in [-0.39, 0.29) is 21.1 Å². The Morgan fingerprint density at radius 2 is 1.50 bits per heavy atom. The fourth-order valence-electron chi connectivity index (χ4n) is 4.47. The summed E-state index contributed by atoms with van der Waals surface area (Å²) in [6.45, 7) is 0. The summed E-state index contributed by atoms with van der Waals surface area (Å²) in [5.74, 6) is 0. The SMILES string of the molecule is [Pt+2].[c-]1ccccc1-c1cccc([Si]2(c3[c-]c(-c4ccccn4)ccc3)CCCC2)n1. The molecule has 0 N–H and O–H groups in total. The third kappa shape index (κ3) is 3.97. The van der Waals surface area contributed by atoms with Crippen molar-refractivity contribution in [2.45, 2.75) is 24.9 Å². The maximum absolute atomic E-state index is 5.17. The van der Waals surface area contributed by atoms with Crippen molar-refractivity contribution in [3.63, 3.8) is 0 Å². The summed E-state index contributed by atoms with van der Waals surface area (Å²) in [7, 11) is -1.92. The Bertz CT molecular complexity index is 1020. The molecule has 1 aliphatic heterocycles. The Morgan fingerprint density at radius 3 is 2.27 bits per heavy atom. The third-order valence-electron chi connectivity index (χ3n) is 5.93. The van der Waals surface area contributed by atoms with Gasteiger partial charge < -0.3 is 9.97 Å². The van der Waals surface area contributed by atoms with Gasteiger partial charge in [0.2, 0.25) is 0 Å². The maximum atomic E-state index is 5.17. The van der Waals surface area contributed by atoms with Crippen LogP contribution in [-0.4, -0.2) is 18.0 Å². The molecule has 1 saturated heterocycles. The van der Waals surface area contributed by atoms with Crippen molar-refractivity contribution in [3.8, 4) is 22.5 Å². The molecule has 0 unspecified atom stereocenters. The molecule has 5 rings (SSSR count). The predicted molar refractivity (Wildman–Crippen MR) is 121 cm³/mol. The third-order valence-corrected chi connectivity index (χ3v) is 10.9. The van der Waals surface area contributed by atoms with Gasteiger partial charge in [-0.15, -0.1) is 70.9 Å². The summed E-state index contributed by atoms with van der Waals surface area (Å²) in [6.07, 6.45) is 4.40. The Kier molecular flexibility index (Phi) is 6.41. The fourth-order valence-corrected chi connectivity index (χ4v) is 9.29. The van der Waals surface area contributed by atoms with E-state index in [0.717, 1.165) is 22.5 Å². The smallest absolute Gasteiger partial charge is 0.306 e. The van der Waals surface area contributed by atoms with Gasteiger partial charge in [-0.3, -0.25) is 0 Å². The zero-order valence-electron chi connectivity index (χ0n) is 16.6. The molecule has 4 aromatic rings. The number of rotatable bonds is 4. The van der Waals surface area contributed by atoms with Crippen LogP contribution in [-0.2, 0) is 21.1 Å². The molecule has 0 radical (unpaired) electrons. The molecule has 1 fully saturated rings. The van der Waals surface area contributed by atoms with Crippen molar-refractivity contribution in [2.75, 3.05) is 0 Å². The average molecular weight is 586 g/mol. The first kappa shape index (κ1) is 20.9. The summed E-state index contributed by atoms with van der Waals surface area (Å²) >= 11 is 0. The van der Waals surface area contributed by atoms with Crippen molar-refractivity contribution in [1.29, 1.82) is 0 Å². The second kappa shape index (κ2) is 9.20. The summed E-state index contributed by atoms with van der Waals surface area (Å²) in [5, 5.41) is 2.64. The Balaban J connectivity index is 0.00000218. The minimum absolute atomic E-state index is 0. The van der Waals surface area contributed by atoms with Crippen LogP contribution in [0.1, 0.15) is 12.8 Å². The topological polar surface area (TPSA) is 25.8 Å². The molecule has 3 heterocycles. The van der Waals surface area contributed by atoms with Gasteiger partial charge in [-0.2, -0.15) is 0 Å². The van der Waals surface area contributed by atoms with Crippen LogP contribution in [0.5, 0.6) is 0 Å². The molecule has 0 aliphatic carbocycles. The van der Waals surface area contributed by atoms with Crippen LogP contribution in [0.4, 0.5) is 0 Å². The minimum atomic E-state index is -1.92. The molecule has 0 atom stereocenters. The van der Waals surface area contributed by atoms with Crippen LogP contribution >= 0.6 is 0 Å². The van der Waals surface area contributed by atoms with E-state index >= 15 is 0 Å². The molecular weight excluding hydrogens is 563 g/mol. The quantitative estimate of drug-likeness (QED) is 0.255. The first-order chi connectivity index (χ1) is 14.4. The second-order valence-corrected chi connectivity index (χ2v) is 11.9. The standard InChI is InChI=1S/C26H22N2Si.Pt/c1-2-10-21(11-3-1)25-15-9-16-26(28-25)29(18-6-7-19-29)23-13-8-12-22(20-23)24-14-4-5-17-27-24;/h1-5,8-10,12-17H,6-7,18-19H2;/q-2;+2. The first-order valence-electron chi connectivity index (χ1n) is 10.2. The number of aromatic nitrogens is 2. The van der Waals surface area contributed by atoms with E-state index in [0.29, 0.717) is 0 Å². The summed E-state index contributed by atoms with van der Waals surface area (Å²) in [4.78, 5) is 9.70. The summed E-state index contributed by atoms with van der Waals surface area (Å²) < 4.78 is 0. The fraction of sp³-hybridized carbons (Fsp3) is 0.154. The van der Waals surface area contributed by atoms with Crippen LogP contribution in [0.25, 0.3) is 22.5 Å². The van der Waals surface area contributed by atoms with Gasteiger partial charge in [0.1, 0.15) is 8.07 Å². The predicted octanol–water partition coefficient (Wildman–Crippen LogP) is 4.77. The molecule has 1 aliphatic rings. The van der Waals surface area contributed by atoms with Gasteiger partial charge in [0.15, 0.2) is 0 Å². The van der Waals surface area contributed by atoms with Gasteiger partial charge in [0.25, 0.3) is 0 Å². The van der Waals surface area contributed by atoms with E-state index < -0.39 is 8.07 Å². The van der Waals surface area contributed by atoms with E-state index in [2.05, 4.69) is 65.6 Å². The van der Waals surface area contributed by atoms with Crippen molar-refractivity contribution < 1.29 is 21.1 Å². The molecule has 0 amide bonds. The largest absolute Gasteiger partial charge is 2.00 e. The van der Waals surface area contributed by atoms with Crippen molar-refractivity contribution >= 4 is 18.6 Å².